The molecule has 1 N–H and O–H groups in total. The molecular weight excluding hydrogens is 318 g/mol. The molecule has 0 atom stereocenters. The average Bonchev–Trinajstić information content (AvgIpc) is 2.92. The van der Waals surface area contributed by atoms with Gasteiger partial charge in [-0.15, -0.1) is 0 Å². The molecular formula is C19H23N3O3. The normalized spacial score (nSPS) is 15.0. The van der Waals surface area contributed by atoms with Gasteiger partial charge in [-0.2, -0.15) is 0 Å². The predicted molar refractivity (Wildman–Crippen MR) is 96.3 cm³/mol. The first kappa shape index (κ1) is 17.2. The fraction of sp³-hybridized carbons (Fsp3) is 0.421. The zero-order valence-electron chi connectivity index (χ0n) is 14.2. The number of hydrogen-bond acceptors (Lipinski definition) is 3. The minimum atomic E-state index is -0.333. The molecule has 132 valence electrons. The Balaban J connectivity index is 1.58. The van der Waals surface area contributed by atoms with E-state index in [0.717, 1.165) is 44.2 Å². The number of aromatic nitrogens is 1. The average molecular weight is 341 g/mol. The molecule has 25 heavy (non-hydrogen) atoms. The molecule has 6 heteroatoms. The van der Waals surface area contributed by atoms with Crippen LogP contribution in [0.1, 0.15) is 25.7 Å². The van der Waals surface area contributed by atoms with E-state index >= 15 is 0 Å². The molecule has 1 aliphatic heterocycles. The lowest BCUT2D eigenvalue weighted by atomic mass is 10.2. The SMILES string of the molecule is O=C(Cn1ccc2ccccc2c1=O)NCC(=O)N1CCCCCC1. The van der Waals surface area contributed by atoms with Crippen molar-refractivity contribution in [1.29, 1.82) is 0 Å². The highest BCUT2D eigenvalue weighted by Crippen LogP contribution is 2.09. The Hall–Kier alpha value is -2.63. The lowest BCUT2D eigenvalue weighted by Crippen LogP contribution is -2.42. The van der Waals surface area contributed by atoms with Crippen molar-refractivity contribution in [2.75, 3.05) is 19.6 Å². The van der Waals surface area contributed by atoms with E-state index in [9.17, 15) is 14.4 Å². The van der Waals surface area contributed by atoms with E-state index in [4.69, 9.17) is 0 Å². The van der Waals surface area contributed by atoms with Gasteiger partial charge in [0.15, 0.2) is 0 Å². The molecule has 0 radical (unpaired) electrons. The maximum absolute atomic E-state index is 12.4. The van der Waals surface area contributed by atoms with Gasteiger partial charge in [0.2, 0.25) is 11.8 Å². The number of fused-ring (bicyclic) bond motifs is 1. The number of pyridine rings is 1. The second-order valence-corrected chi connectivity index (χ2v) is 6.41. The molecule has 1 aliphatic rings. The lowest BCUT2D eigenvalue weighted by Gasteiger charge is -2.20. The van der Waals surface area contributed by atoms with Crippen LogP contribution in [-0.4, -0.2) is 40.9 Å². The van der Waals surface area contributed by atoms with Crippen molar-refractivity contribution in [3.8, 4) is 0 Å². The summed E-state index contributed by atoms with van der Waals surface area (Å²) in [6, 6.07) is 9.09. The van der Waals surface area contributed by atoms with Gasteiger partial charge >= 0.3 is 0 Å². The van der Waals surface area contributed by atoms with Crippen molar-refractivity contribution < 1.29 is 9.59 Å². The van der Waals surface area contributed by atoms with Crippen LogP contribution in [0.5, 0.6) is 0 Å². The summed E-state index contributed by atoms with van der Waals surface area (Å²) in [5.41, 5.74) is -0.202. The van der Waals surface area contributed by atoms with Gasteiger partial charge in [0.05, 0.1) is 6.54 Å². The fourth-order valence-corrected chi connectivity index (χ4v) is 3.17. The quantitative estimate of drug-likeness (QED) is 0.916. The molecule has 1 fully saturated rings. The topological polar surface area (TPSA) is 71.4 Å². The first-order valence-electron chi connectivity index (χ1n) is 8.78. The van der Waals surface area contributed by atoms with Gasteiger partial charge in [0.1, 0.15) is 6.54 Å². The van der Waals surface area contributed by atoms with Crippen molar-refractivity contribution in [2.45, 2.75) is 32.2 Å². The maximum atomic E-state index is 12.4. The van der Waals surface area contributed by atoms with Crippen LogP contribution in [0.2, 0.25) is 0 Å². The summed E-state index contributed by atoms with van der Waals surface area (Å²) in [7, 11) is 0. The van der Waals surface area contributed by atoms with Gasteiger partial charge < -0.3 is 14.8 Å². The largest absolute Gasteiger partial charge is 0.345 e. The summed E-state index contributed by atoms with van der Waals surface area (Å²) in [5, 5.41) is 4.06. The number of carbonyl (C=O) groups is 2. The van der Waals surface area contributed by atoms with Crippen molar-refractivity contribution >= 4 is 22.6 Å². The molecule has 2 aromatic rings. The molecule has 0 spiro atoms. The maximum Gasteiger partial charge on any atom is 0.258 e. The van der Waals surface area contributed by atoms with Crippen molar-refractivity contribution in [2.24, 2.45) is 0 Å². The highest BCUT2D eigenvalue weighted by atomic mass is 16.2. The molecule has 6 nitrogen and oxygen atoms in total. The Morgan fingerprint density at radius 1 is 1.00 bits per heavy atom. The summed E-state index contributed by atoms with van der Waals surface area (Å²) in [5.74, 6) is -0.387. The van der Waals surface area contributed by atoms with Gasteiger partial charge in [0.25, 0.3) is 5.56 Å². The lowest BCUT2D eigenvalue weighted by molar-refractivity contribution is -0.133. The summed E-state index contributed by atoms with van der Waals surface area (Å²) < 4.78 is 1.37. The van der Waals surface area contributed by atoms with Crippen LogP contribution in [0.4, 0.5) is 0 Å². The minimum Gasteiger partial charge on any atom is -0.345 e. The molecule has 0 unspecified atom stereocenters. The van der Waals surface area contributed by atoms with E-state index in [0.29, 0.717) is 5.39 Å². The van der Waals surface area contributed by atoms with Crippen LogP contribution in [0.15, 0.2) is 41.3 Å². The van der Waals surface area contributed by atoms with Crippen LogP contribution in [0.3, 0.4) is 0 Å². The third-order valence-corrected chi connectivity index (χ3v) is 4.60. The van der Waals surface area contributed by atoms with Crippen LogP contribution in [0.25, 0.3) is 10.8 Å². The molecule has 1 saturated heterocycles. The van der Waals surface area contributed by atoms with Crippen LogP contribution in [-0.2, 0) is 16.1 Å². The highest BCUT2D eigenvalue weighted by molar-refractivity contribution is 5.85. The Labute approximate surface area is 146 Å². The number of carbonyl (C=O) groups excluding carboxylic acids is 2. The Kier molecular flexibility index (Phi) is 5.48. The van der Waals surface area contributed by atoms with E-state index in [1.807, 2.05) is 23.1 Å². The van der Waals surface area contributed by atoms with Gasteiger partial charge in [-0.05, 0) is 30.4 Å². The van der Waals surface area contributed by atoms with Crippen molar-refractivity contribution in [1.82, 2.24) is 14.8 Å². The van der Waals surface area contributed by atoms with Gasteiger partial charge in [-0.3, -0.25) is 14.4 Å². The molecule has 2 amide bonds. The zero-order chi connectivity index (χ0) is 17.6. The Bertz CT molecular complexity index is 820. The highest BCUT2D eigenvalue weighted by Gasteiger charge is 2.16. The van der Waals surface area contributed by atoms with Crippen LogP contribution in [0, 0.1) is 0 Å². The number of amides is 2. The molecule has 2 heterocycles. The van der Waals surface area contributed by atoms with E-state index in [-0.39, 0.29) is 30.5 Å². The Morgan fingerprint density at radius 2 is 1.72 bits per heavy atom. The summed E-state index contributed by atoms with van der Waals surface area (Å²) in [6.07, 6.45) is 5.96. The van der Waals surface area contributed by atoms with Gasteiger partial charge in [-0.1, -0.05) is 31.0 Å². The number of rotatable bonds is 4. The van der Waals surface area contributed by atoms with Crippen LogP contribution >= 0.6 is 0 Å². The second-order valence-electron chi connectivity index (χ2n) is 6.41. The van der Waals surface area contributed by atoms with E-state index in [1.165, 1.54) is 4.57 Å². The van der Waals surface area contributed by atoms with E-state index in [2.05, 4.69) is 5.32 Å². The summed E-state index contributed by atoms with van der Waals surface area (Å²) in [6.45, 7) is 1.43. The monoisotopic (exact) mass is 341 g/mol. The number of hydrogen-bond donors (Lipinski definition) is 1. The smallest absolute Gasteiger partial charge is 0.258 e. The third kappa shape index (κ3) is 4.26. The van der Waals surface area contributed by atoms with Crippen LogP contribution < -0.4 is 10.9 Å². The third-order valence-electron chi connectivity index (χ3n) is 4.60. The van der Waals surface area contributed by atoms with E-state index < -0.39 is 0 Å². The Morgan fingerprint density at radius 3 is 2.48 bits per heavy atom. The summed E-state index contributed by atoms with van der Waals surface area (Å²) >= 11 is 0. The number of likely N-dealkylation sites (tertiary alicyclic amines) is 1. The predicted octanol–water partition coefficient (Wildman–Crippen LogP) is 1.52. The zero-order valence-corrected chi connectivity index (χ0v) is 14.2. The first-order chi connectivity index (χ1) is 12.1. The second kappa shape index (κ2) is 7.96. The molecule has 1 aromatic carbocycles. The molecule has 3 rings (SSSR count). The van der Waals surface area contributed by atoms with Gasteiger partial charge in [-0.25, -0.2) is 0 Å². The fourth-order valence-electron chi connectivity index (χ4n) is 3.17. The minimum absolute atomic E-state index is 0.0127. The molecule has 0 saturated carbocycles. The summed E-state index contributed by atoms with van der Waals surface area (Å²) in [4.78, 5) is 38.5. The first-order valence-corrected chi connectivity index (χ1v) is 8.78. The van der Waals surface area contributed by atoms with E-state index in [1.54, 1.807) is 18.3 Å². The number of nitrogens with zero attached hydrogens (tertiary/aromatic N) is 2. The van der Waals surface area contributed by atoms with Crippen molar-refractivity contribution in [3.05, 3.63) is 46.9 Å². The molecule has 0 bridgehead atoms. The number of benzene rings is 1. The molecule has 0 aliphatic carbocycles. The van der Waals surface area contributed by atoms with Crippen molar-refractivity contribution in [3.63, 3.8) is 0 Å². The molecule has 1 aromatic heterocycles. The van der Waals surface area contributed by atoms with Gasteiger partial charge in [0, 0.05) is 24.7 Å². The number of nitrogens with one attached hydrogen (secondary N) is 1. The standard InChI is InChI=1S/C19H23N3O3/c23-17(20-13-18(24)21-10-5-1-2-6-11-21)14-22-12-9-15-7-3-4-8-16(15)19(22)25/h3-4,7-9,12H,1-2,5-6,10-11,13-14H2,(H,20,23).